The number of halogens is 2. The molecule has 1 amide bonds. The Morgan fingerprint density at radius 3 is 2.89 bits per heavy atom. The Kier molecular flexibility index (Phi) is 4.45. The summed E-state index contributed by atoms with van der Waals surface area (Å²) in [4.78, 5) is 12.2. The first-order valence-corrected chi connectivity index (χ1v) is 7.35. The van der Waals surface area contributed by atoms with Crippen LogP contribution in [0, 0.1) is 9.39 Å². The molecule has 2 rings (SSSR count). The van der Waals surface area contributed by atoms with Gasteiger partial charge >= 0.3 is 0 Å². The molecule has 1 atom stereocenters. The highest BCUT2D eigenvalue weighted by molar-refractivity contribution is 14.1. The lowest BCUT2D eigenvalue weighted by atomic mass is 9.94. The average molecular weight is 377 g/mol. The monoisotopic (exact) mass is 377 g/mol. The number of amides is 1. The molecule has 1 aromatic carbocycles. The molecule has 104 valence electrons. The fourth-order valence-electron chi connectivity index (χ4n) is 2.29. The van der Waals surface area contributed by atoms with Gasteiger partial charge in [0.15, 0.2) is 0 Å². The van der Waals surface area contributed by atoms with E-state index in [-0.39, 0.29) is 23.4 Å². The van der Waals surface area contributed by atoms with E-state index in [2.05, 4.69) is 5.32 Å². The number of hydrogen-bond acceptors (Lipinski definition) is 2. The van der Waals surface area contributed by atoms with Gasteiger partial charge in [-0.2, -0.15) is 0 Å². The zero-order chi connectivity index (χ0) is 14.0. The zero-order valence-corrected chi connectivity index (χ0v) is 13.2. The van der Waals surface area contributed by atoms with Crippen molar-refractivity contribution < 1.29 is 13.9 Å². The summed E-state index contributed by atoms with van der Waals surface area (Å²) < 4.78 is 19.3. The van der Waals surface area contributed by atoms with Gasteiger partial charge in [0.2, 0.25) is 0 Å². The molecule has 0 saturated carbocycles. The van der Waals surface area contributed by atoms with Gasteiger partial charge in [-0.3, -0.25) is 4.79 Å². The number of ether oxygens (including phenoxy) is 1. The largest absolute Gasteiger partial charge is 0.375 e. The third-order valence-corrected chi connectivity index (χ3v) is 4.10. The number of benzene rings is 1. The molecule has 0 bridgehead atoms. The van der Waals surface area contributed by atoms with Crippen molar-refractivity contribution in [2.24, 2.45) is 0 Å². The second kappa shape index (κ2) is 5.75. The molecule has 1 heterocycles. The van der Waals surface area contributed by atoms with Crippen molar-refractivity contribution >= 4 is 28.5 Å². The van der Waals surface area contributed by atoms with E-state index in [9.17, 15) is 9.18 Å². The number of carbonyl (C=O) groups is 1. The Hall–Kier alpha value is -0.690. The van der Waals surface area contributed by atoms with Crippen LogP contribution in [0.3, 0.4) is 0 Å². The first-order valence-electron chi connectivity index (χ1n) is 6.27. The van der Waals surface area contributed by atoms with Gasteiger partial charge in [0, 0.05) is 16.2 Å². The van der Waals surface area contributed by atoms with E-state index in [0.717, 1.165) is 12.8 Å². The number of hydrogen-bond donors (Lipinski definition) is 1. The summed E-state index contributed by atoms with van der Waals surface area (Å²) in [6.07, 6.45) is 1.60. The predicted octanol–water partition coefficient (Wildman–Crippen LogP) is 3.12. The van der Waals surface area contributed by atoms with E-state index in [0.29, 0.717) is 15.7 Å². The highest BCUT2D eigenvalue weighted by atomic mass is 127. The molecule has 1 aliphatic heterocycles. The van der Waals surface area contributed by atoms with E-state index >= 15 is 0 Å². The van der Waals surface area contributed by atoms with E-state index in [1.807, 2.05) is 36.4 Å². The quantitative estimate of drug-likeness (QED) is 0.805. The second-order valence-electron chi connectivity index (χ2n) is 5.40. The van der Waals surface area contributed by atoms with Gasteiger partial charge in [0.25, 0.3) is 5.91 Å². The molecule has 0 aliphatic carbocycles. The summed E-state index contributed by atoms with van der Waals surface area (Å²) in [6.45, 7) is 4.69. The van der Waals surface area contributed by atoms with E-state index in [1.165, 1.54) is 18.2 Å². The fraction of sp³-hybridized carbons (Fsp3) is 0.500. The molecule has 3 nitrogen and oxygen atoms in total. The van der Waals surface area contributed by atoms with Gasteiger partial charge in [-0.15, -0.1) is 0 Å². The summed E-state index contributed by atoms with van der Waals surface area (Å²) in [6, 6.07) is 4.31. The third kappa shape index (κ3) is 3.89. The lowest BCUT2D eigenvalue weighted by molar-refractivity contribution is -0.0615. The highest BCUT2D eigenvalue weighted by Gasteiger charge is 2.30. The van der Waals surface area contributed by atoms with Gasteiger partial charge in [0.05, 0.1) is 11.2 Å². The van der Waals surface area contributed by atoms with Crippen LogP contribution in [0.15, 0.2) is 18.2 Å². The number of nitrogens with one attached hydrogen (secondary N) is 1. The summed E-state index contributed by atoms with van der Waals surface area (Å²) in [5, 5.41) is 3.00. The zero-order valence-electron chi connectivity index (χ0n) is 11.0. The first-order chi connectivity index (χ1) is 8.87. The normalized spacial score (nSPS) is 22.0. The van der Waals surface area contributed by atoms with E-state index in [1.54, 1.807) is 0 Å². The topological polar surface area (TPSA) is 38.3 Å². The van der Waals surface area contributed by atoms with Gasteiger partial charge in [-0.05, 0) is 67.5 Å². The predicted molar refractivity (Wildman–Crippen MR) is 79.6 cm³/mol. The minimum Gasteiger partial charge on any atom is -0.375 e. The van der Waals surface area contributed by atoms with Crippen molar-refractivity contribution in [1.82, 2.24) is 5.32 Å². The Bertz CT molecular complexity index is 490. The summed E-state index contributed by atoms with van der Waals surface area (Å²) in [5.74, 6) is -0.472. The number of rotatable bonds is 2. The van der Waals surface area contributed by atoms with Crippen LogP contribution in [-0.2, 0) is 4.74 Å². The molecule has 0 spiro atoms. The average Bonchev–Trinajstić information content (AvgIpc) is 2.27. The van der Waals surface area contributed by atoms with Crippen LogP contribution in [-0.4, -0.2) is 24.2 Å². The summed E-state index contributed by atoms with van der Waals surface area (Å²) >= 11 is 1.98. The maximum absolute atomic E-state index is 13.0. The molecular weight excluding hydrogens is 360 g/mol. The van der Waals surface area contributed by atoms with E-state index < -0.39 is 0 Å². The minimum absolute atomic E-state index is 0.108. The lowest BCUT2D eigenvalue weighted by Gasteiger charge is -2.35. The summed E-state index contributed by atoms with van der Waals surface area (Å²) in [5.41, 5.74) is 0.317. The van der Waals surface area contributed by atoms with Crippen LogP contribution < -0.4 is 5.32 Å². The molecule has 0 radical (unpaired) electrons. The molecule has 1 fully saturated rings. The maximum atomic E-state index is 13.0. The van der Waals surface area contributed by atoms with E-state index in [4.69, 9.17) is 4.74 Å². The third-order valence-electron chi connectivity index (χ3n) is 3.21. The van der Waals surface area contributed by atoms with Crippen molar-refractivity contribution in [1.29, 1.82) is 0 Å². The van der Waals surface area contributed by atoms with Gasteiger partial charge in [0.1, 0.15) is 5.82 Å². The Labute approximate surface area is 126 Å². The van der Waals surface area contributed by atoms with Crippen molar-refractivity contribution in [2.75, 3.05) is 6.61 Å². The number of carbonyl (C=O) groups excluding carboxylic acids is 1. The fourth-order valence-corrected chi connectivity index (χ4v) is 3.01. The smallest absolute Gasteiger partial charge is 0.252 e. The van der Waals surface area contributed by atoms with Crippen LogP contribution in [0.2, 0.25) is 0 Å². The van der Waals surface area contributed by atoms with Crippen molar-refractivity contribution in [3.05, 3.63) is 33.1 Å². The van der Waals surface area contributed by atoms with Crippen LogP contribution in [0.5, 0.6) is 0 Å². The van der Waals surface area contributed by atoms with Gasteiger partial charge in [-0.1, -0.05) is 0 Å². The standard InChI is InChI=1S/C14H17FINO2/c1-14(2)8-10(5-6-19-14)17-13(18)11-4-3-9(15)7-12(11)16/h3-4,7,10H,5-6,8H2,1-2H3,(H,17,18). The molecule has 5 heteroatoms. The van der Waals surface area contributed by atoms with Crippen LogP contribution >= 0.6 is 22.6 Å². The van der Waals surface area contributed by atoms with Crippen LogP contribution in [0.25, 0.3) is 0 Å². The molecule has 1 unspecified atom stereocenters. The van der Waals surface area contributed by atoms with Gasteiger partial charge < -0.3 is 10.1 Å². The molecular formula is C14H17FINO2. The van der Waals surface area contributed by atoms with Crippen LogP contribution in [0.4, 0.5) is 4.39 Å². The first kappa shape index (κ1) is 14.7. The molecule has 1 aromatic rings. The van der Waals surface area contributed by atoms with Crippen molar-refractivity contribution in [3.8, 4) is 0 Å². The van der Waals surface area contributed by atoms with Gasteiger partial charge in [-0.25, -0.2) is 4.39 Å². The van der Waals surface area contributed by atoms with Crippen molar-refractivity contribution in [2.45, 2.75) is 38.3 Å². The minimum atomic E-state index is -0.326. The molecule has 0 aromatic heterocycles. The lowest BCUT2D eigenvalue weighted by Crippen LogP contribution is -2.45. The molecule has 1 saturated heterocycles. The Balaban J connectivity index is 2.04. The molecule has 1 N–H and O–H groups in total. The Morgan fingerprint density at radius 1 is 1.53 bits per heavy atom. The maximum Gasteiger partial charge on any atom is 0.252 e. The van der Waals surface area contributed by atoms with Crippen LogP contribution in [0.1, 0.15) is 37.0 Å². The molecule has 19 heavy (non-hydrogen) atoms. The summed E-state index contributed by atoms with van der Waals surface area (Å²) in [7, 11) is 0. The van der Waals surface area contributed by atoms with Crippen molar-refractivity contribution in [3.63, 3.8) is 0 Å². The molecule has 1 aliphatic rings. The highest BCUT2D eigenvalue weighted by Crippen LogP contribution is 2.24. The second-order valence-corrected chi connectivity index (χ2v) is 6.56. The Morgan fingerprint density at radius 2 is 2.26 bits per heavy atom. The SMILES string of the molecule is CC1(C)CC(NC(=O)c2ccc(F)cc2I)CCO1.